The first kappa shape index (κ1) is 16.3. The molecule has 1 aromatic heterocycles. The van der Waals surface area contributed by atoms with Gasteiger partial charge in [0.15, 0.2) is 0 Å². The van der Waals surface area contributed by atoms with Crippen molar-refractivity contribution in [2.24, 2.45) is 0 Å². The van der Waals surface area contributed by atoms with Crippen molar-refractivity contribution in [3.63, 3.8) is 0 Å². The first-order valence-electron chi connectivity index (χ1n) is 7.18. The van der Waals surface area contributed by atoms with Gasteiger partial charge in [-0.3, -0.25) is 14.5 Å². The molecule has 1 fully saturated rings. The molecular formula is C13H19N5O3S. The zero-order valence-electron chi connectivity index (χ0n) is 12.6. The summed E-state index contributed by atoms with van der Waals surface area (Å²) in [7, 11) is 0. The number of hydrogen-bond acceptors (Lipinski definition) is 6. The van der Waals surface area contributed by atoms with Crippen molar-refractivity contribution < 1.29 is 14.4 Å². The summed E-state index contributed by atoms with van der Waals surface area (Å²) in [5.74, 6) is -0.597. The third-order valence-electron chi connectivity index (χ3n) is 3.17. The summed E-state index contributed by atoms with van der Waals surface area (Å²) in [6.45, 7) is 4.56. The van der Waals surface area contributed by atoms with Gasteiger partial charge in [-0.15, -0.1) is 21.5 Å². The first-order chi connectivity index (χ1) is 10.5. The zero-order valence-corrected chi connectivity index (χ0v) is 13.4. The average Bonchev–Trinajstić information content (AvgIpc) is 2.98. The number of hydrogen-bond donors (Lipinski definition) is 2. The third kappa shape index (κ3) is 4.00. The third-order valence-corrected chi connectivity index (χ3v) is 4.07. The summed E-state index contributed by atoms with van der Waals surface area (Å²) >= 11 is 1.49. The minimum Gasteiger partial charge on any atom is -0.356 e. The molecule has 0 saturated carbocycles. The molecule has 1 aliphatic rings. The molecule has 9 heteroatoms. The maximum atomic E-state index is 12.0. The number of nitrogens with zero attached hydrogens (tertiary/aromatic N) is 3. The van der Waals surface area contributed by atoms with Crippen LogP contribution >= 0.6 is 11.3 Å². The van der Waals surface area contributed by atoms with Crippen LogP contribution in [-0.2, 0) is 16.0 Å². The van der Waals surface area contributed by atoms with Crippen LogP contribution in [0.3, 0.4) is 0 Å². The Morgan fingerprint density at radius 3 is 2.82 bits per heavy atom. The predicted octanol–water partition coefficient (Wildman–Crippen LogP) is 0.226. The molecule has 2 rings (SSSR count). The van der Waals surface area contributed by atoms with Crippen LogP contribution in [0.2, 0.25) is 0 Å². The van der Waals surface area contributed by atoms with Gasteiger partial charge >= 0.3 is 6.03 Å². The van der Waals surface area contributed by atoms with E-state index < -0.39 is 12.1 Å². The molecule has 120 valence electrons. The second-order valence-electron chi connectivity index (χ2n) is 5.01. The lowest BCUT2D eigenvalue weighted by Crippen LogP contribution is -2.37. The Morgan fingerprint density at radius 2 is 2.18 bits per heavy atom. The Kier molecular flexibility index (Phi) is 5.42. The highest BCUT2D eigenvalue weighted by molar-refractivity contribution is 7.11. The second kappa shape index (κ2) is 7.30. The SMILES string of the molecule is CCCN1C(=O)NC(CC(=O)NCCc2nnc(C)s2)C1=O. The lowest BCUT2D eigenvalue weighted by molar-refractivity contribution is -0.130. The van der Waals surface area contributed by atoms with E-state index in [1.807, 2.05) is 13.8 Å². The summed E-state index contributed by atoms with van der Waals surface area (Å²) in [4.78, 5) is 36.6. The molecule has 0 radical (unpaired) electrons. The van der Waals surface area contributed by atoms with Crippen LogP contribution in [-0.4, -0.2) is 52.1 Å². The van der Waals surface area contributed by atoms with E-state index in [-0.39, 0.29) is 18.2 Å². The molecule has 4 amide bonds. The van der Waals surface area contributed by atoms with E-state index in [1.54, 1.807) is 0 Å². The van der Waals surface area contributed by atoms with Crippen LogP contribution in [0.25, 0.3) is 0 Å². The normalized spacial score (nSPS) is 17.7. The molecule has 1 saturated heterocycles. The molecule has 0 aromatic carbocycles. The maximum Gasteiger partial charge on any atom is 0.324 e. The number of urea groups is 1. The molecule has 2 N–H and O–H groups in total. The average molecular weight is 325 g/mol. The largest absolute Gasteiger partial charge is 0.356 e. The van der Waals surface area contributed by atoms with Crippen molar-refractivity contribution in [2.45, 2.75) is 39.2 Å². The van der Waals surface area contributed by atoms with Gasteiger partial charge in [-0.1, -0.05) is 6.92 Å². The smallest absolute Gasteiger partial charge is 0.324 e. The number of aryl methyl sites for hydroxylation is 1. The van der Waals surface area contributed by atoms with E-state index in [2.05, 4.69) is 20.8 Å². The van der Waals surface area contributed by atoms with Gasteiger partial charge in [0.05, 0.1) is 6.42 Å². The van der Waals surface area contributed by atoms with Crippen molar-refractivity contribution in [2.75, 3.05) is 13.1 Å². The summed E-state index contributed by atoms with van der Waals surface area (Å²) in [6, 6.07) is -1.18. The molecule has 0 spiro atoms. The molecule has 22 heavy (non-hydrogen) atoms. The van der Waals surface area contributed by atoms with Crippen molar-refractivity contribution in [3.8, 4) is 0 Å². The van der Waals surface area contributed by atoms with Crippen molar-refractivity contribution in [1.29, 1.82) is 0 Å². The fourth-order valence-corrected chi connectivity index (χ4v) is 2.86. The molecule has 0 aliphatic carbocycles. The Balaban J connectivity index is 1.75. The maximum absolute atomic E-state index is 12.0. The standard InChI is InChI=1S/C13H19N5O3S/c1-3-6-18-12(20)9(15-13(18)21)7-10(19)14-5-4-11-17-16-8(2)22-11/h9H,3-7H2,1-2H3,(H,14,19)(H,15,21). The van der Waals surface area contributed by atoms with Crippen LogP contribution in [0.5, 0.6) is 0 Å². The van der Waals surface area contributed by atoms with E-state index in [1.165, 1.54) is 11.3 Å². The topological polar surface area (TPSA) is 104 Å². The van der Waals surface area contributed by atoms with Gasteiger partial charge < -0.3 is 10.6 Å². The van der Waals surface area contributed by atoms with Gasteiger partial charge in [-0.25, -0.2) is 4.79 Å². The quantitative estimate of drug-likeness (QED) is 0.698. The van der Waals surface area contributed by atoms with Crippen molar-refractivity contribution >= 4 is 29.2 Å². The minimum absolute atomic E-state index is 0.0417. The van der Waals surface area contributed by atoms with E-state index in [9.17, 15) is 14.4 Å². The molecule has 1 atom stereocenters. The van der Waals surface area contributed by atoms with E-state index in [0.29, 0.717) is 25.9 Å². The summed E-state index contributed by atoms with van der Waals surface area (Å²) in [6.07, 6.45) is 1.25. The predicted molar refractivity (Wildman–Crippen MR) is 80.3 cm³/mol. The van der Waals surface area contributed by atoms with Crippen molar-refractivity contribution in [1.82, 2.24) is 25.7 Å². The molecule has 2 heterocycles. The van der Waals surface area contributed by atoms with Crippen LogP contribution in [0.15, 0.2) is 0 Å². The van der Waals surface area contributed by atoms with Gasteiger partial charge in [-0.05, 0) is 13.3 Å². The highest BCUT2D eigenvalue weighted by atomic mass is 32.1. The van der Waals surface area contributed by atoms with Crippen LogP contribution < -0.4 is 10.6 Å². The molecule has 1 aromatic rings. The number of aromatic nitrogens is 2. The number of carbonyl (C=O) groups excluding carboxylic acids is 3. The summed E-state index contributed by atoms with van der Waals surface area (Å²) in [5.41, 5.74) is 0. The fourth-order valence-electron chi connectivity index (χ4n) is 2.16. The van der Waals surface area contributed by atoms with Gasteiger partial charge in [0, 0.05) is 19.5 Å². The molecular weight excluding hydrogens is 306 g/mol. The fraction of sp³-hybridized carbons (Fsp3) is 0.615. The van der Waals surface area contributed by atoms with Crippen LogP contribution in [0.4, 0.5) is 4.79 Å². The van der Waals surface area contributed by atoms with Gasteiger partial charge in [0.1, 0.15) is 16.1 Å². The first-order valence-corrected chi connectivity index (χ1v) is 8.00. The minimum atomic E-state index is -0.761. The molecule has 8 nitrogen and oxygen atoms in total. The lowest BCUT2D eigenvalue weighted by Gasteiger charge is -2.11. The number of nitrogens with one attached hydrogen (secondary N) is 2. The zero-order chi connectivity index (χ0) is 16.1. The highest BCUT2D eigenvalue weighted by Crippen LogP contribution is 2.10. The second-order valence-corrected chi connectivity index (χ2v) is 6.28. The van der Waals surface area contributed by atoms with E-state index >= 15 is 0 Å². The number of amides is 4. The van der Waals surface area contributed by atoms with E-state index in [4.69, 9.17) is 0 Å². The van der Waals surface area contributed by atoms with Crippen molar-refractivity contribution in [3.05, 3.63) is 10.0 Å². The Hall–Kier alpha value is -2.03. The lowest BCUT2D eigenvalue weighted by atomic mass is 10.2. The van der Waals surface area contributed by atoms with Gasteiger partial charge in [-0.2, -0.15) is 0 Å². The molecule has 1 aliphatic heterocycles. The van der Waals surface area contributed by atoms with Gasteiger partial charge in [0.2, 0.25) is 5.91 Å². The Labute approximate surface area is 132 Å². The summed E-state index contributed by atoms with van der Waals surface area (Å²) < 4.78 is 0. The molecule has 1 unspecified atom stereocenters. The van der Waals surface area contributed by atoms with Crippen LogP contribution in [0.1, 0.15) is 29.8 Å². The van der Waals surface area contributed by atoms with Gasteiger partial charge in [0.25, 0.3) is 5.91 Å². The molecule has 0 bridgehead atoms. The number of imide groups is 1. The monoisotopic (exact) mass is 325 g/mol. The Bertz CT molecular complexity index is 574. The Morgan fingerprint density at radius 1 is 1.41 bits per heavy atom. The van der Waals surface area contributed by atoms with Crippen LogP contribution in [0, 0.1) is 6.92 Å². The highest BCUT2D eigenvalue weighted by Gasteiger charge is 2.38. The van der Waals surface area contributed by atoms with E-state index in [0.717, 1.165) is 14.9 Å². The number of carbonyl (C=O) groups is 3. The summed E-state index contributed by atoms with van der Waals surface area (Å²) in [5, 5.41) is 14.9. The number of rotatable bonds is 7.